The Morgan fingerprint density at radius 3 is 2.76 bits per heavy atom. The Bertz CT molecular complexity index is 1450. The fraction of sp³-hybridized carbons (Fsp3) is 0.360. The van der Waals surface area contributed by atoms with Gasteiger partial charge < -0.3 is 5.32 Å². The van der Waals surface area contributed by atoms with Crippen LogP contribution in [0.25, 0.3) is 15.9 Å². The first-order valence-electron chi connectivity index (χ1n) is 11.6. The first-order chi connectivity index (χ1) is 16.1. The van der Waals surface area contributed by atoms with Crippen molar-refractivity contribution < 1.29 is 4.79 Å². The fourth-order valence-corrected chi connectivity index (χ4v) is 6.15. The number of para-hydroxylation sites is 1. The van der Waals surface area contributed by atoms with Crippen LogP contribution in [0.1, 0.15) is 58.0 Å². The molecule has 4 heterocycles. The first kappa shape index (κ1) is 20.4. The lowest BCUT2D eigenvalue weighted by atomic mass is 10.2. The molecule has 1 aromatic carbocycles. The Kier molecular flexibility index (Phi) is 4.90. The molecule has 0 spiro atoms. The normalized spacial score (nSPS) is 15.3. The molecule has 3 aromatic heterocycles. The highest BCUT2D eigenvalue weighted by Gasteiger charge is 2.27. The van der Waals surface area contributed by atoms with Crippen LogP contribution in [-0.4, -0.2) is 25.2 Å². The number of hydrogen-bond acceptors (Lipinski definition) is 5. The van der Waals surface area contributed by atoms with Gasteiger partial charge in [-0.25, -0.2) is 9.67 Å². The number of aryl methyl sites for hydroxylation is 3. The van der Waals surface area contributed by atoms with E-state index in [1.165, 1.54) is 11.3 Å². The van der Waals surface area contributed by atoms with Crippen molar-refractivity contribution in [2.45, 2.75) is 58.4 Å². The Balaban J connectivity index is 1.42. The quantitative estimate of drug-likeness (QED) is 0.492. The molecule has 33 heavy (non-hydrogen) atoms. The third-order valence-electron chi connectivity index (χ3n) is 6.76. The SMILES string of the molecule is Cc1c(C(=O)Nc2c3c(nn2-c2ccccc2)CCC3)sc2nc3n(c(=O)c12)CCCCC3. The van der Waals surface area contributed by atoms with Gasteiger partial charge in [0.25, 0.3) is 11.5 Å². The van der Waals surface area contributed by atoms with Gasteiger partial charge >= 0.3 is 0 Å². The third-order valence-corrected chi connectivity index (χ3v) is 7.94. The van der Waals surface area contributed by atoms with Crippen molar-refractivity contribution in [3.8, 4) is 5.69 Å². The molecule has 1 amide bonds. The highest BCUT2D eigenvalue weighted by molar-refractivity contribution is 7.20. The van der Waals surface area contributed by atoms with Crippen LogP contribution in [-0.2, 0) is 25.8 Å². The first-order valence-corrected chi connectivity index (χ1v) is 12.4. The summed E-state index contributed by atoms with van der Waals surface area (Å²) in [5.41, 5.74) is 3.77. The molecule has 0 fully saturated rings. The maximum absolute atomic E-state index is 13.5. The van der Waals surface area contributed by atoms with Crippen molar-refractivity contribution in [1.29, 1.82) is 0 Å². The molecule has 2 aliphatic rings. The van der Waals surface area contributed by atoms with Gasteiger partial charge in [-0.3, -0.25) is 14.2 Å². The highest BCUT2D eigenvalue weighted by atomic mass is 32.1. The summed E-state index contributed by atoms with van der Waals surface area (Å²) in [6.45, 7) is 2.57. The number of rotatable bonds is 3. The van der Waals surface area contributed by atoms with E-state index in [0.29, 0.717) is 27.2 Å². The van der Waals surface area contributed by atoms with Crippen molar-refractivity contribution in [1.82, 2.24) is 19.3 Å². The number of carbonyl (C=O) groups excluding carboxylic acids is 1. The van der Waals surface area contributed by atoms with E-state index < -0.39 is 0 Å². The number of thiophene rings is 1. The lowest BCUT2D eigenvalue weighted by molar-refractivity contribution is 0.102. The van der Waals surface area contributed by atoms with E-state index in [0.717, 1.165) is 73.5 Å². The van der Waals surface area contributed by atoms with E-state index in [4.69, 9.17) is 10.1 Å². The zero-order chi connectivity index (χ0) is 22.5. The van der Waals surface area contributed by atoms with Crippen LogP contribution in [0.15, 0.2) is 35.1 Å². The number of benzene rings is 1. The number of nitrogens with zero attached hydrogens (tertiary/aromatic N) is 4. The molecule has 0 atom stereocenters. The molecule has 7 nitrogen and oxygen atoms in total. The van der Waals surface area contributed by atoms with Gasteiger partial charge in [-0.15, -0.1) is 11.3 Å². The number of fused-ring (bicyclic) bond motifs is 3. The smallest absolute Gasteiger partial charge is 0.267 e. The largest absolute Gasteiger partial charge is 0.305 e. The second kappa shape index (κ2) is 7.95. The topological polar surface area (TPSA) is 81.8 Å². The minimum Gasteiger partial charge on any atom is -0.305 e. The molecule has 8 heteroatoms. The summed E-state index contributed by atoms with van der Waals surface area (Å²) in [7, 11) is 0. The Hall–Kier alpha value is -3.26. The summed E-state index contributed by atoms with van der Waals surface area (Å²) < 4.78 is 3.65. The minimum absolute atomic E-state index is 0.0140. The summed E-state index contributed by atoms with van der Waals surface area (Å²) >= 11 is 1.32. The minimum atomic E-state index is -0.207. The molecule has 0 radical (unpaired) electrons. The van der Waals surface area contributed by atoms with E-state index in [1.807, 2.05) is 46.5 Å². The monoisotopic (exact) mass is 459 g/mol. The van der Waals surface area contributed by atoms with Gasteiger partial charge in [0, 0.05) is 18.5 Å². The van der Waals surface area contributed by atoms with Crippen molar-refractivity contribution in [3.63, 3.8) is 0 Å². The molecule has 0 saturated heterocycles. The third kappa shape index (κ3) is 3.31. The Morgan fingerprint density at radius 2 is 1.91 bits per heavy atom. The molecule has 4 aromatic rings. The summed E-state index contributed by atoms with van der Waals surface area (Å²) in [5.74, 6) is 1.37. The molecule has 0 bridgehead atoms. The van der Waals surface area contributed by atoms with E-state index in [9.17, 15) is 9.59 Å². The molecule has 0 unspecified atom stereocenters. The molecular weight excluding hydrogens is 434 g/mol. The molecule has 1 aliphatic heterocycles. The number of aromatic nitrogens is 4. The zero-order valence-corrected chi connectivity index (χ0v) is 19.4. The van der Waals surface area contributed by atoms with Gasteiger partial charge in [-0.1, -0.05) is 24.6 Å². The van der Waals surface area contributed by atoms with E-state index >= 15 is 0 Å². The van der Waals surface area contributed by atoms with Crippen molar-refractivity contribution >= 4 is 33.3 Å². The molecule has 168 valence electrons. The molecule has 6 rings (SSSR count). The van der Waals surface area contributed by atoms with Gasteiger partial charge in [0.05, 0.1) is 21.6 Å². The van der Waals surface area contributed by atoms with Crippen LogP contribution in [0.5, 0.6) is 0 Å². The maximum atomic E-state index is 13.5. The van der Waals surface area contributed by atoms with Crippen LogP contribution >= 0.6 is 11.3 Å². The molecule has 0 saturated carbocycles. The Morgan fingerprint density at radius 1 is 1.06 bits per heavy atom. The van der Waals surface area contributed by atoms with Crippen molar-refractivity contribution in [3.05, 3.63) is 68.2 Å². The van der Waals surface area contributed by atoms with E-state index in [1.54, 1.807) is 0 Å². The van der Waals surface area contributed by atoms with Crippen LogP contribution in [0.4, 0.5) is 5.82 Å². The van der Waals surface area contributed by atoms with Gasteiger partial charge in [0.2, 0.25) is 0 Å². The number of nitrogens with one attached hydrogen (secondary N) is 1. The van der Waals surface area contributed by atoms with Crippen LogP contribution in [0.3, 0.4) is 0 Å². The lowest BCUT2D eigenvalue weighted by Crippen LogP contribution is -2.24. The predicted molar refractivity (Wildman–Crippen MR) is 130 cm³/mol. The summed E-state index contributed by atoms with van der Waals surface area (Å²) in [6, 6.07) is 9.87. The highest BCUT2D eigenvalue weighted by Crippen LogP contribution is 2.33. The van der Waals surface area contributed by atoms with Crippen LogP contribution in [0.2, 0.25) is 0 Å². The van der Waals surface area contributed by atoms with Crippen LogP contribution in [0, 0.1) is 6.92 Å². The van der Waals surface area contributed by atoms with Gasteiger partial charge in [0.15, 0.2) is 0 Å². The van der Waals surface area contributed by atoms with Crippen molar-refractivity contribution in [2.75, 3.05) is 5.32 Å². The molecule has 1 N–H and O–H groups in total. The average Bonchev–Trinajstić information content (AvgIpc) is 3.44. The number of anilines is 1. The predicted octanol–water partition coefficient (Wildman–Crippen LogP) is 4.42. The standard InChI is InChI=1S/C25H25N5O2S/c1-15-20-24(26-19-13-6-3-7-14-29(19)25(20)32)33-21(15)23(31)27-22-17-11-8-12-18(17)28-30(22)16-9-4-2-5-10-16/h2,4-5,9-10H,3,6-8,11-14H2,1H3,(H,27,31). The maximum Gasteiger partial charge on any atom is 0.267 e. The number of amides is 1. The van der Waals surface area contributed by atoms with Crippen LogP contribution < -0.4 is 10.9 Å². The van der Waals surface area contributed by atoms with E-state index in [-0.39, 0.29) is 11.5 Å². The van der Waals surface area contributed by atoms with Gasteiger partial charge in [0.1, 0.15) is 16.5 Å². The number of carbonyl (C=O) groups is 1. The lowest BCUT2D eigenvalue weighted by Gasteiger charge is -2.11. The number of hydrogen-bond donors (Lipinski definition) is 1. The summed E-state index contributed by atoms with van der Waals surface area (Å²) in [4.78, 5) is 32.8. The molecule has 1 aliphatic carbocycles. The second-order valence-electron chi connectivity index (χ2n) is 8.86. The zero-order valence-electron chi connectivity index (χ0n) is 18.6. The average molecular weight is 460 g/mol. The summed E-state index contributed by atoms with van der Waals surface area (Å²) in [6.07, 6.45) is 6.83. The van der Waals surface area contributed by atoms with Gasteiger partial charge in [-0.2, -0.15) is 5.10 Å². The summed E-state index contributed by atoms with van der Waals surface area (Å²) in [5, 5.41) is 8.51. The van der Waals surface area contributed by atoms with Gasteiger partial charge in [-0.05, 0) is 56.7 Å². The second-order valence-corrected chi connectivity index (χ2v) is 9.86. The van der Waals surface area contributed by atoms with Crippen molar-refractivity contribution in [2.24, 2.45) is 0 Å². The fourth-order valence-electron chi connectivity index (χ4n) is 5.07. The molecular formula is C25H25N5O2S. The Labute approximate surface area is 195 Å². The van der Waals surface area contributed by atoms with E-state index in [2.05, 4.69) is 5.32 Å².